The van der Waals surface area contributed by atoms with Gasteiger partial charge < -0.3 is 4.90 Å². The minimum absolute atomic E-state index is 0.0790. The van der Waals surface area contributed by atoms with Crippen LogP contribution in [0.4, 0.5) is 14.5 Å². The molecule has 0 unspecified atom stereocenters. The van der Waals surface area contributed by atoms with Crippen LogP contribution in [0.5, 0.6) is 0 Å². The van der Waals surface area contributed by atoms with E-state index in [0.717, 1.165) is 36.2 Å². The van der Waals surface area contributed by atoms with Gasteiger partial charge in [0.15, 0.2) is 0 Å². The molecule has 1 aliphatic heterocycles. The van der Waals surface area contributed by atoms with E-state index in [0.29, 0.717) is 5.56 Å². The molecule has 0 atom stereocenters. The highest BCUT2D eigenvalue weighted by molar-refractivity contribution is 5.73. The molecule has 1 aromatic heterocycles. The number of aromatic nitrogens is 2. The van der Waals surface area contributed by atoms with Crippen LogP contribution in [0.1, 0.15) is 44.7 Å². The van der Waals surface area contributed by atoms with Crippen molar-refractivity contribution in [2.45, 2.75) is 45.6 Å². The molecule has 0 aliphatic carbocycles. The average molecular weight is 319 g/mol. The lowest BCUT2D eigenvalue weighted by atomic mass is 9.90. The van der Waals surface area contributed by atoms with Crippen molar-refractivity contribution in [2.24, 2.45) is 7.05 Å². The van der Waals surface area contributed by atoms with E-state index in [9.17, 15) is 8.78 Å². The summed E-state index contributed by atoms with van der Waals surface area (Å²) in [4.78, 5) is 2.24. The zero-order valence-electron chi connectivity index (χ0n) is 14.1. The molecule has 124 valence electrons. The van der Waals surface area contributed by atoms with Crippen LogP contribution in [-0.2, 0) is 13.5 Å². The summed E-state index contributed by atoms with van der Waals surface area (Å²) in [5, 5.41) is 4.12. The third-order valence-electron chi connectivity index (χ3n) is 4.43. The molecular formula is C18H23F2N3. The predicted octanol–water partition coefficient (Wildman–Crippen LogP) is 4.58. The number of anilines is 1. The SMILES string of the molecule is Cn1cc(-c2cc3c(cc2C(F)F)N(C(C)(C)C)CCC3)cn1. The van der Waals surface area contributed by atoms with Gasteiger partial charge in [-0.05, 0) is 56.9 Å². The summed E-state index contributed by atoms with van der Waals surface area (Å²) in [5.41, 5.74) is 3.46. The predicted molar refractivity (Wildman–Crippen MR) is 89.0 cm³/mol. The highest BCUT2D eigenvalue weighted by atomic mass is 19.3. The van der Waals surface area contributed by atoms with Crippen LogP contribution in [0, 0.1) is 0 Å². The molecule has 0 saturated heterocycles. The topological polar surface area (TPSA) is 21.1 Å². The molecule has 3 nitrogen and oxygen atoms in total. The highest BCUT2D eigenvalue weighted by Gasteiger charge is 2.29. The number of alkyl halides is 2. The summed E-state index contributed by atoms with van der Waals surface area (Å²) in [5.74, 6) is 0. The second-order valence-corrected chi connectivity index (χ2v) is 7.20. The molecule has 2 heterocycles. The van der Waals surface area contributed by atoms with Crippen molar-refractivity contribution in [3.05, 3.63) is 35.7 Å². The van der Waals surface area contributed by atoms with E-state index in [1.807, 2.05) is 6.07 Å². The molecule has 0 N–H and O–H groups in total. The quantitative estimate of drug-likeness (QED) is 0.808. The Morgan fingerprint density at radius 2 is 1.96 bits per heavy atom. The summed E-state index contributed by atoms with van der Waals surface area (Å²) in [6, 6.07) is 3.62. The van der Waals surface area contributed by atoms with Gasteiger partial charge in [0.05, 0.1) is 6.20 Å². The van der Waals surface area contributed by atoms with Gasteiger partial charge in [0, 0.05) is 42.1 Å². The monoisotopic (exact) mass is 319 g/mol. The molecule has 0 radical (unpaired) electrons. The fourth-order valence-corrected chi connectivity index (χ4v) is 3.34. The Labute approximate surface area is 135 Å². The lowest BCUT2D eigenvalue weighted by Crippen LogP contribution is -2.44. The van der Waals surface area contributed by atoms with Gasteiger partial charge in [0.1, 0.15) is 0 Å². The Bertz CT molecular complexity index is 714. The molecule has 0 bridgehead atoms. The fourth-order valence-electron chi connectivity index (χ4n) is 3.34. The first-order valence-corrected chi connectivity index (χ1v) is 7.99. The second kappa shape index (κ2) is 5.62. The molecule has 0 saturated carbocycles. The van der Waals surface area contributed by atoms with Gasteiger partial charge in [-0.25, -0.2) is 8.78 Å². The number of nitrogens with zero attached hydrogens (tertiary/aromatic N) is 3. The third kappa shape index (κ3) is 2.96. The average Bonchev–Trinajstić information content (AvgIpc) is 2.90. The van der Waals surface area contributed by atoms with Crippen LogP contribution in [0.15, 0.2) is 24.5 Å². The summed E-state index contributed by atoms with van der Waals surface area (Å²) in [6.07, 6.45) is 2.92. The third-order valence-corrected chi connectivity index (χ3v) is 4.43. The number of fused-ring (bicyclic) bond motifs is 1. The Kier molecular flexibility index (Phi) is 3.90. The van der Waals surface area contributed by atoms with Gasteiger partial charge in [-0.3, -0.25) is 4.68 Å². The largest absolute Gasteiger partial charge is 0.366 e. The van der Waals surface area contributed by atoms with Gasteiger partial charge in [0.25, 0.3) is 6.43 Å². The van der Waals surface area contributed by atoms with E-state index < -0.39 is 6.43 Å². The zero-order valence-corrected chi connectivity index (χ0v) is 14.1. The number of hydrogen-bond acceptors (Lipinski definition) is 2. The van der Waals surface area contributed by atoms with Crippen molar-refractivity contribution < 1.29 is 8.78 Å². The van der Waals surface area contributed by atoms with E-state index in [-0.39, 0.29) is 11.1 Å². The number of halogens is 2. The molecule has 1 aromatic carbocycles. The first kappa shape index (κ1) is 16.0. The van der Waals surface area contributed by atoms with Crippen molar-refractivity contribution in [3.8, 4) is 11.1 Å². The van der Waals surface area contributed by atoms with Gasteiger partial charge in [0.2, 0.25) is 0 Å². The summed E-state index contributed by atoms with van der Waals surface area (Å²) < 4.78 is 29.0. The molecule has 0 spiro atoms. The number of aryl methyl sites for hydroxylation is 2. The molecule has 2 aromatic rings. The normalized spacial score (nSPS) is 15.2. The van der Waals surface area contributed by atoms with E-state index in [2.05, 4.69) is 30.8 Å². The maximum absolute atomic E-state index is 13.7. The van der Waals surface area contributed by atoms with E-state index >= 15 is 0 Å². The van der Waals surface area contributed by atoms with Crippen LogP contribution in [0.2, 0.25) is 0 Å². The van der Waals surface area contributed by atoms with Crippen molar-refractivity contribution in [1.82, 2.24) is 9.78 Å². The highest BCUT2D eigenvalue weighted by Crippen LogP contribution is 2.40. The minimum Gasteiger partial charge on any atom is -0.366 e. The van der Waals surface area contributed by atoms with E-state index in [1.54, 1.807) is 30.2 Å². The first-order chi connectivity index (χ1) is 10.8. The van der Waals surface area contributed by atoms with Crippen LogP contribution in [0.3, 0.4) is 0 Å². The molecule has 23 heavy (non-hydrogen) atoms. The Morgan fingerprint density at radius 3 is 2.52 bits per heavy atom. The molecule has 5 heteroatoms. The number of hydrogen-bond donors (Lipinski definition) is 0. The van der Waals surface area contributed by atoms with Crippen molar-refractivity contribution in [1.29, 1.82) is 0 Å². The molecule has 0 fully saturated rings. The van der Waals surface area contributed by atoms with Crippen LogP contribution in [-0.4, -0.2) is 21.9 Å². The van der Waals surface area contributed by atoms with Crippen molar-refractivity contribution in [2.75, 3.05) is 11.4 Å². The van der Waals surface area contributed by atoms with E-state index in [1.165, 1.54) is 0 Å². The van der Waals surface area contributed by atoms with Gasteiger partial charge in [-0.1, -0.05) is 0 Å². The van der Waals surface area contributed by atoms with Crippen molar-refractivity contribution in [3.63, 3.8) is 0 Å². The Hall–Kier alpha value is -1.91. The molecule has 0 amide bonds. The van der Waals surface area contributed by atoms with Crippen LogP contribution < -0.4 is 4.90 Å². The van der Waals surface area contributed by atoms with Gasteiger partial charge >= 0.3 is 0 Å². The lowest BCUT2D eigenvalue weighted by molar-refractivity contribution is 0.152. The summed E-state index contributed by atoms with van der Waals surface area (Å²) >= 11 is 0. The zero-order chi connectivity index (χ0) is 16.8. The number of benzene rings is 1. The van der Waals surface area contributed by atoms with E-state index in [4.69, 9.17) is 0 Å². The smallest absolute Gasteiger partial charge is 0.264 e. The Balaban J connectivity index is 2.17. The molecule has 1 aliphatic rings. The molecule has 3 rings (SSSR count). The summed E-state index contributed by atoms with van der Waals surface area (Å²) in [6.45, 7) is 7.28. The molecular weight excluding hydrogens is 296 g/mol. The standard InChI is InChI=1S/C18H23F2N3/c1-18(2,3)23-7-5-6-12-8-14(13-10-21-22(4)11-13)15(17(19)20)9-16(12)23/h8-11,17H,5-7H2,1-4H3. The maximum atomic E-state index is 13.7. The fraction of sp³-hybridized carbons (Fsp3) is 0.500. The number of rotatable bonds is 2. The van der Waals surface area contributed by atoms with Crippen LogP contribution in [0.25, 0.3) is 11.1 Å². The van der Waals surface area contributed by atoms with Gasteiger partial charge in [-0.2, -0.15) is 5.10 Å². The lowest BCUT2D eigenvalue weighted by Gasteiger charge is -2.42. The minimum atomic E-state index is -2.50. The van der Waals surface area contributed by atoms with Crippen LogP contribution >= 0.6 is 0 Å². The van der Waals surface area contributed by atoms with Crippen molar-refractivity contribution >= 4 is 5.69 Å². The summed E-state index contributed by atoms with van der Waals surface area (Å²) in [7, 11) is 1.80. The Morgan fingerprint density at radius 1 is 1.22 bits per heavy atom. The van der Waals surface area contributed by atoms with Gasteiger partial charge in [-0.15, -0.1) is 0 Å². The maximum Gasteiger partial charge on any atom is 0.264 e. The first-order valence-electron chi connectivity index (χ1n) is 7.99. The second-order valence-electron chi connectivity index (χ2n) is 7.20.